The van der Waals surface area contributed by atoms with Gasteiger partial charge < -0.3 is 5.32 Å². The van der Waals surface area contributed by atoms with Crippen molar-refractivity contribution < 1.29 is 4.79 Å². The predicted molar refractivity (Wildman–Crippen MR) is 84.1 cm³/mol. The zero-order valence-corrected chi connectivity index (χ0v) is 12.1. The number of carbonyl (C=O) groups excluding carboxylic acids is 1. The Labute approximate surface area is 120 Å². The van der Waals surface area contributed by atoms with Gasteiger partial charge in [0.05, 0.1) is 0 Å². The molecule has 2 heteroatoms. The minimum atomic E-state index is 0.0293. The molecule has 1 N–H and O–H groups in total. The summed E-state index contributed by atoms with van der Waals surface area (Å²) in [6.07, 6.45) is 1.65. The van der Waals surface area contributed by atoms with Crippen LogP contribution in [0.4, 0.5) is 5.69 Å². The number of hydrogen-bond donors (Lipinski definition) is 1. The van der Waals surface area contributed by atoms with Crippen LogP contribution in [-0.2, 0) is 0 Å². The number of anilines is 1. The molecular weight excluding hydrogens is 246 g/mol. The van der Waals surface area contributed by atoms with Crippen LogP contribution in [0, 0.1) is 13.8 Å². The van der Waals surface area contributed by atoms with Crippen LogP contribution in [0.1, 0.15) is 28.4 Å². The van der Waals surface area contributed by atoms with Crippen molar-refractivity contribution in [1.82, 2.24) is 0 Å². The SMILES string of the molecule is C/C(=C\C(=O)c1ccccc1C)Nc1ccccc1C. The summed E-state index contributed by atoms with van der Waals surface area (Å²) in [6.45, 7) is 5.90. The number of ketones is 1. The summed E-state index contributed by atoms with van der Waals surface area (Å²) in [5.41, 5.74) is 4.77. The van der Waals surface area contributed by atoms with Crippen LogP contribution in [0.5, 0.6) is 0 Å². The van der Waals surface area contributed by atoms with Gasteiger partial charge in [-0.1, -0.05) is 42.5 Å². The summed E-state index contributed by atoms with van der Waals surface area (Å²) in [6, 6.07) is 15.7. The van der Waals surface area contributed by atoms with Gasteiger partial charge in [0.2, 0.25) is 0 Å². The van der Waals surface area contributed by atoms with Crippen LogP contribution in [0.15, 0.2) is 60.3 Å². The smallest absolute Gasteiger partial charge is 0.187 e. The Balaban J connectivity index is 2.17. The molecule has 0 spiro atoms. The number of carbonyl (C=O) groups is 1. The molecule has 0 aliphatic heterocycles. The number of para-hydroxylation sites is 1. The first-order valence-electron chi connectivity index (χ1n) is 6.69. The van der Waals surface area contributed by atoms with Gasteiger partial charge in [-0.2, -0.15) is 0 Å². The van der Waals surface area contributed by atoms with E-state index in [4.69, 9.17) is 0 Å². The van der Waals surface area contributed by atoms with Gasteiger partial charge in [-0.3, -0.25) is 4.79 Å². The minimum absolute atomic E-state index is 0.0293. The molecule has 102 valence electrons. The van der Waals surface area contributed by atoms with E-state index in [-0.39, 0.29) is 5.78 Å². The highest BCUT2D eigenvalue weighted by Crippen LogP contribution is 2.16. The molecule has 0 heterocycles. The number of rotatable bonds is 4. The molecular formula is C18H19NO. The average molecular weight is 265 g/mol. The first kappa shape index (κ1) is 14.1. The fraction of sp³-hybridized carbons (Fsp3) is 0.167. The summed E-state index contributed by atoms with van der Waals surface area (Å²) in [4.78, 5) is 12.2. The molecule has 0 saturated carbocycles. The normalized spacial score (nSPS) is 11.2. The molecule has 2 aromatic rings. The van der Waals surface area contributed by atoms with Gasteiger partial charge in [0.15, 0.2) is 5.78 Å². The topological polar surface area (TPSA) is 29.1 Å². The quantitative estimate of drug-likeness (QED) is 0.651. The summed E-state index contributed by atoms with van der Waals surface area (Å²) in [5, 5.41) is 3.27. The Hall–Kier alpha value is -2.35. The third-order valence-corrected chi connectivity index (χ3v) is 3.24. The largest absolute Gasteiger partial charge is 0.359 e. The second kappa shape index (κ2) is 6.20. The van der Waals surface area contributed by atoms with Crippen molar-refractivity contribution >= 4 is 11.5 Å². The van der Waals surface area contributed by atoms with E-state index in [9.17, 15) is 4.79 Å². The second-order valence-corrected chi connectivity index (χ2v) is 4.95. The van der Waals surface area contributed by atoms with Crippen molar-refractivity contribution in [3.05, 3.63) is 77.0 Å². The van der Waals surface area contributed by atoms with Crippen molar-refractivity contribution in [2.45, 2.75) is 20.8 Å². The Bertz CT molecular complexity index is 656. The molecule has 0 aliphatic rings. The molecule has 0 radical (unpaired) electrons. The lowest BCUT2D eigenvalue weighted by atomic mass is 10.0. The minimum Gasteiger partial charge on any atom is -0.359 e. The first-order chi connectivity index (χ1) is 9.58. The zero-order chi connectivity index (χ0) is 14.5. The third kappa shape index (κ3) is 3.35. The Morgan fingerprint density at radius 3 is 2.20 bits per heavy atom. The third-order valence-electron chi connectivity index (χ3n) is 3.24. The van der Waals surface area contributed by atoms with Crippen LogP contribution in [-0.4, -0.2) is 5.78 Å². The van der Waals surface area contributed by atoms with E-state index in [0.717, 1.165) is 28.1 Å². The van der Waals surface area contributed by atoms with E-state index >= 15 is 0 Å². The van der Waals surface area contributed by atoms with Gasteiger partial charge in [-0.15, -0.1) is 0 Å². The van der Waals surface area contributed by atoms with E-state index in [1.807, 2.05) is 69.3 Å². The monoisotopic (exact) mass is 265 g/mol. The molecule has 0 amide bonds. The number of aryl methyl sites for hydroxylation is 2. The van der Waals surface area contributed by atoms with Crippen LogP contribution < -0.4 is 5.32 Å². The van der Waals surface area contributed by atoms with E-state index in [2.05, 4.69) is 5.32 Å². The number of nitrogens with one attached hydrogen (secondary N) is 1. The second-order valence-electron chi connectivity index (χ2n) is 4.95. The highest BCUT2D eigenvalue weighted by Gasteiger charge is 2.06. The van der Waals surface area contributed by atoms with Gasteiger partial charge in [0.25, 0.3) is 0 Å². The van der Waals surface area contributed by atoms with Crippen LogP contribution >= 0.6 is 0 Å². The standard InChI is InChI=1S/C18H19NO/c1-13-8-4-6-10-16(13)18(20)12-15(3)19-17-11-7-5-9-14(17)2/h4-12,19H,1-3H3/b15-12+. The molecule has 0 aliphatic carbocycles. The van der Waals surface area contributed by atoms with Gasteiger partial charge in [-0.05, 0) is 38.0 Å². The number of hydrogen-bond acceptors (Lipinski definition) is 2. The van der Waals surface area contributed by atoms with Crippen molar-refractivity contribution in [2.24, 2.45) is 0 Å². The van der Waals surface area contributed by atoms with E-state index in [1.54, 1.807) is 6.08 Å². The molecule has 0 bridgehead atoms. The number of benzene rings is 2. The maximum Gasteiger partial charge on any atom is 0.187 e. The van der Waals surface area contributed by atoms with Crippen LogP contribution in [0.25, 0.3) is 0 Å². The summed E-state index contributed by atoms with van der Waals surface area (Å²) < 4.78 is 0. The Morgan fingerprint density at radius 2 is 1.55 bits per heavy atom. The fourth-order valence-corrected chi connectivity index (χ4v) is 2.09. The Morgan fingerprint density at radius 1 is 0.950 bits per heavy atom. The maximum atomic E-state index is 12.2. The maximum absolute atomic E-state index is 12.2. The number of allylic oxidation sites excluding steroid dienone is 2. The molecule has 2 aromatic carbocycles. The van der Waals surface area contributed by atoms with Gasteiger partial charge >= 0.3 is 0 Å². The summed E-state index contributed by atoms with van der Waals surface area (Å²) >= 11 is 0. The summed E-state index contributed by atoms with van der Waals surface area (Å²) in [7, 11) is 0. The highest BCUT2D eigenvalue weighted by molar-refractivity contribution is 6.06. The van der Waals surface area contributed by atoms with Crippen molar-refractivity contribution in [3.8, 4) is 0 Å². The molecule has 0 unspecified atom stereocenters. The van der Waals surface area contributed by atoms with E-state index in [0.29, 0.717) is 0 Å². The fourth-order valence-electron chi connectivity index (χ4n) is 2.09. The van der Waals surface area contributed by atoms with Crippen molar-refractivity contribution in [3.63, 3.8) is 0 Å². The van der Waals surface area contributed by atoms with Crippen LogP contribution in [0.2, 0.25) is 0 Å². The molecule has 0 fully saturated rings. The highest BCUT2D eigenvalue weighted by atomic mass is 16.1. The molecule has 2 rings (SSSR count). The molecule has 0 saturated heterocycles. The zero-order valence-electron chi connectivity index (χ0n) is 12.1. The molecule has 0 aromatic heterocycles. The van der Waals surface area contributed by atoms with E-state index in [1.165, 1.54) is 0 Å². The predicted octanol–water partition coefficient (Wildman–Crippen LogP) is 4.50. The first-order valence-corrected chi connectivity index (χ1v) is 6.69. The average Bonchev–Trinajstić information content (AvgIpc) is 2.41. The molecule has 0 atom stereocenters. The van der Waals surface area contributed by atoms with Gasteiger partial charge in [0, 0.05) is 23.0 Å². The van der Waals surface area contributed by atoms with Gasteiger partial charge in [0.1, 0.15) is 0 Å². The molecule has 20 heavy (non-hydrogen) atoms. The lowest BCUT2D eigenvalue weighted by Gasteiger charge is -2.09. The lowest BCUT2D eigenvalue weighted by Crippen LogP contribution is -2.03. The summed E-state index contributed by atoms with van der Waals surface area (Å²) in [5.74, 6) is 0.0293. The van der Waals surface area contributed by atoms with Crippen molar-refractivity contribution in [2.75, 3.05) is 5.32 Å². The van der Waals surface area contributed by atoms with Gasteiger partial charge in [-0.25, -0.2) is 0 Å². The van der Waals surface area contributed by atoms with Crippen LogP contribution in [0.3, 0.4) is 0 Å². The Kier molecular flexibility index (Phi) is 4.36. The molecule has 2 nitrogen and oxygen atoms in total. The van der Waals surface area contributed by atoms with E-state index < -0.39 is 0 Å². The van der Waals surface area contributed by atoms with Crippen molar-refractivity contribution in [1.29, 1.82) is 0 Å². The lowest BCUT2D eigenvalue weighted by molar-refractivity contribution is 0.104.